The zero-order chi connectivity index (χ0) is 20.1. The number of hydrogen-bond acceptors (Lipinski definition) is 3. The third-order valence-electron chi connectivity index (χ3n) is 5.91. The van der Waals surface area contributed by atoms with Gasteiger partial charge >= 0.3 is 6.03 Å². The second-order valence-electron chi connectivity index (χ2n) is 7.98. The molecular formula is C21H30N4O3. The molecule has 2 saturated heterocycles. The Hall–Kier alpha value is -2.57. The molecule has 0 radical (unpaired) electrons. The van der Waals surface area contributed by atoms with Crippen molar-refractivity contribution in [3.63, 3.8) is 0 Å². The largest absolute Gasteiger partial charge is 0.369 e. The second-order valence-corrected chi connectivity index (χ2v) is 7.98. The van der Waals surface area contributed by atoms with Gasteiger partial charge in [-0.05, 0) is 30.7 Å². The summed E-state index contributed by atoms with van der Waals surface area (Å²) in [6.45, 7) is 4.22. The molecule has 0 aliphatic carbocycles. The molecular weight excluding hydrogens is 356 g/mol. The van der Waals surface area contributed by atoms with E-state index in [1.807, 2.05) is 42.2 Å². The molecule has 1 aromatic rings. The zero-order valence-corrected chi connectivity index (χ0v) is 16.5. The van der Waals surface area contributed by atoms with Crippen LogP contribution in [-0.2, 0) is 16.0 Å². The highest BCUT2D eigenvalue weighted by molar-refractivity contribution is 5.81. The van der Waals surface area contributed by atoms with Gasteiger partial charge in [0.1, 0.15) is 0 Å². The standard InChI is InChI=1S/C21H30N4O3/c1-15-13-25(14-18(15)20(22)27)21(28)23-17-9-11-24(12-10-17)19(26)8-7-16-5-3-2-4-6-16/h2-6,15,17-18H,7-14H2,1H3,(H2,22,27)(H,23,28)/t15-,18-/m1/s1. The Morgan fingerprint density at radius 3 is 2.36 bits per heavy atom. The SMILES string of the molecule is C[C@@H]1CN(C(=O)NC2CCN(C(=O)CCc3ccccc3)CC2)C[C@H]1C(N)=O. The number of aryl methyl sites for hydroxylation is 1. The monoisotopic (exact) mass is 386 g/mol. The molecule has 0 saturated carbocycles. The molecule has 7 nitrogen and oxygen atoms in total. The fourth-order valence-corrected chi connectivity index (χ4v) is 4.10. The van der Waals surface area contributed by atoms with Crippen LogP contribution in [0.15, 0.2) is 30.3 Å². The van der Waals surface area contributed by atoms with Gasteiger partial charge in [-0.25, -0.2) is 4.79 Å². The molecule has 3 N–H and O–H groups in total. The number of carbonyl (C=O) groups is 3. The first kappa shape index (κ1) is 20.2. The van der Waals surface area contributed by atoms with Crippen molar-refractivity contribution in [3.05, 3.63) is 35.9 Å². The highest BCUT2D eigenvalue weighted by Crippen LogP contribution is 2.23. The maximum absolute atomic E-state index is 12.5. The first-order valence-corrected chi connectivity index (χ1v) is 10.1. The quantitative estimate of drug-likeness (QED) is 0.800. The Morgan fingerprint density at radius 1 is 1.07 bits per heavy atom. The Balaban J connectivity index is 1.40. The van der Waals surface area contributed by atoms with Gasteiger partial charge in [-0.15, -0.1) is 0 Å². The summed E-state index contributed by atoms with van der Waals surface area (Å²) in [4.78, 5) is 39.9. The number of rotatable bonds is 5. The lowest BCUT2D eigenvalue weighted by atomic mass is 9.98. The molecule has 0 unspecified atom stereocenters. The van der Waals surface area contributed by atoms with Crippen LogP contribution in [0.2, 0.25) is 0 Å². The number of nitrogens with two attached hydrogens (primary N) is 1. The van der Waals surface area contributed by atoms with Gasteiger partial charge < -0.3 is 20.9 Å². The van der Waals surface area contributed by atoms with Crippen molar-refractivity contribution in [1.82, 2.24) is 15.1 Å². The van der Waals surface area contributed by atoms with Gasteiger partial charge in [0.25, 0.3) is 0 Å². The average molecular weight is 386 g/mol. The van der Waals surface area contributed by atoms with Crippen LogP contribution in [0.25, 0.3) is 0 Å². The minimum Gasteiger partial charge on any atom is -0.369 e. The predicted octanol–water partition coefficient (Wildman–Crippen LogP) is 1.37. The van der Waals surface area contributed by atoms with E-state index in [9.17, 15) is 14.4 Å². The minimum atomic E-state index is -0.342. The molecule has 2 aliphatic rings. The van der Waals surface area contributed by atoms with Crippen LogP contribution in [0.5, 0.6) is 0 Å². The lowest BCUT2D eigenvalue weighted by Crippen LogP contribution is -2.50. The summed E-state index contributed by atoms with van der Waals surface area (Å²) in [7, 11) is 0. The van der Waals surface area contributed by atoms with E-state index in [4.69, 9.17) is 5.73 Å². The van der Waals surface area contributed by atoms with E-state index in [1.165, 1.54) is 5.56 Å². The Kier molecular flexibility index (Phi) is 6.54. The molecule has 2 fully saturated rings. The number of hydrogen-bond donors (Lipinski definition) is 2. The molecule has 152 valence electrons. The van der Waals surface area contributed by atoms with E-state index in [0.29, 0.717) is 32.6 Å². The van der Waals surface area contributed by atoms with Crippen LogP contribution in [0.4, 0.5) is 4.79 Å². The van der Waals surface area contributed by atoms with Gasteiger partial charge in [-0.2, -0.15) is 0 Å². The number of piperidine rings is 1. The molecule has 2 atom stereocenters. The molecule has 0 bridgehead atoms. The van der Waals surface area contributed by atoms with Crippen molar-refractivity contribution < 1.29 is 14.4 Å². The number of likely N-dealkylation sites (tertiary alicyclic amines) is 2. The molecule has 0 aromatic heterocycles. The zero-order valence-electron chi connectivity index (χ0n) is 16.5. The molecule has 4 amide bonds. The summed E-state index contributed by atoms with van der Waals surface area (Å²) in [5, 5.41) is 3.06. The third kappa shape index (κ3) is 5.03. The van der Waals surface area contributed by atoms with Crippen molar-refractivity contribution in [3.8, 4) is 0 Å². The van der Waals surface area contributed by atoms with Crippen LogP contribution in [0.1, 0.15) is 31.7 Å². The van der Waals surface area contributed by atoms with E-state index in [2.05, 4.69) is 5.32 Å². The lowest BCUT2D eigenvalue weighted by molar-refractivity contribution is -0.132. The van der Waals surface area contributed by atoms with Gasteiger partial charge in [0, 0.05) is 38.6 Å². The summed E-state index contributed by atoms with van der Waals surface area (Å²) in [6.07, 6.45) is 2.78. The van der Waals surface area contributed by atoms with Crippen molar-refractivity contribution in [2.24, 2.45) is 17.6 Å². The third-order valence-corrected chi connectivity index (χ3v) is 5.91. The Labute approximate surface area is 166 Å². The van der Waals surface area contributed by atoms with E-state index >= 15 is 0 Å². The lowest BCUT2D eigenvalue weighted by Gasteiger charge is -2.33. The Morgan fingerprint density at radius 2 is 1.75 bits per heavy atom. The van der Waals surface area contributed by atoms with Crippen LogP contribution in [-0.4, -0.2) is 59.9 Å². The number of amides is 4. The first-order chi connectivity index (χ1) is 13.4. The van der Waals surface area contributed by atoms with Crippen molar-refractivity contribution in [2.45, 2.75) is 38.6 Å². The summed E-state index contributed by atoms with van der Waals surface area (Å²) in [5.74, 6) is -0.349. The molecule has 3 rings (SSSR count). The Bertz CT molecular complexity index is 701. The number of nitrogens with zero attached hydrogens (tertiary/aromatic N) is 2. The van der Waals surface area contributed by atoms with E-state index in [0.717, 1.165) is 19.3 Å². The maximum atomic E-state index is 12.5. The average Bonchev–Trinajstić information content (AvgIpc) is 3.10. The summed E-state index contributed by atoms with van der Waals surface area (Å²) < 4.78 is 0. The van der Waals surface area contributed by atoms with Gasteiger partial charge in [0.2, 0.25) is 11.8 Å². The van der Waals surface area contributed by atoms with Crippen molar-refractivity contribution in [2.75, 3.05) is 26.2 Å². The maximum Gasteiger partial charge on any atom is 0.317 e. The molecule has 0 spiro atoms. The molecule has 28 heavy (non-hydrogen) atoms. The van der Waals surface area contributed by atoms with Gasteiger partial charge in [-0.1, -0.05) is 37.3 Å². The van der Waals surface area contributed by atoms with E-state index in [1.54, 1.807) is 4.90 Å². The normalized spacial score (nSPS) is 22.9. The van der Waals surface area contributed by atoms with E-state index in [-0.39, 0.29) is 35.7 Å². The second kappa shape index (κ2) is 9.08. The first-order valence-electron chi connectivity index (χ1n) is 10.1. The molecule has 2 heterocycles. The van der Waals surface area contributed by atoms with Gasteiger partial charge in [0.05, 0.1) is 5.92 Å². The number of carbonyl (C=O) groups excluding carboxylic acids is 3. The molecule has 2 aliphatic heterocycles. The summed E-state index contributed by atoms with van der Waals surface area (Å²) in [5.41, 5.74) is 6.58. The van der Waals surface area contributed by atoms with Gasteiger partial charge in [-0.3, -0.25) is 9.59 Å². The minimum absolute atomic E-state index is 0.0635. The van der Waals surface area contributed by atoms with E-state index < -0.39 is 0 Å². The predicted molar refractivity (Wildman–Crippen MR) is 106 cm³/mol. The summed E-state index contributed by atoms with van der Waals surface area (Å²) >= 11 is 0. The topological polar surface area (TPSA) is 95.7 Å². The van der Waals surface area contributed by atoms with Crippen LogP contribution >= 0.6 is 0 Å². The summed E-state index contributed by atoms with van der Waals surface area (Å²) in [6, 6.07) is 9.95. The number of nitrogens with one attached hydrogen (secondary N) is 1. The molecule has 7 heteroatoms. The number of benzene rings is 1. The highest BCUT2D eigenvalue weighted by Gasteiger charge is 2.36. The van der Waals surface area contributed by atoms with Crippen molar-refractivity contribution in [1.29, 1.82) is 0 Å². The smallest absolute Gasteiger partial charge is 0.317 e. The molecule has 1 aromatic carbocycles. The van der Waals surface area contributed by atoms with Crippen LogP contribution in [0, 0.1) is 11.8 Å². The fourth-order valence-electron chi connectivity index (χ4n) is 4.10. The van der Waals surface area contributed by atoms with Crippen molar-refractivity contribution >= 4 is 17.8 Å². The number of primary amides is 1. The highest BCUT2D eigenvalue weighted by atomic mass is 16.2. The fraction of sp³-hybridized carbons (Fsp3) is 0.571. The number of urea groups is 1. The van der Waals surface area contributed by atoms with Crippen LogP contribution in [0.3, 0.4) is 0 Å². The van der Waals surface area contributed by atoms with Crippen LogP contribution < -0.4 is 11.1 Å². The van der Waals surface area contributed by atoms with Gasteiger partial charge in [0.15, 0.2) is 0 Å².